The Hall–Kier alpha value is -3.32. The Bertz CT molecular complexity index is 1280. The van der Waals surface area contributed by atoms with Crippen LogP contribution < -0.4 is 5.32 Å². The van der Waals surface area contributed by atoms with Crippen molar-refractivity contribution in [2.45, 2.75) is 71.7 Å². The molecule has 2 aromatic carbocycles. The molecule has 0 atom stereocenters. The molecule has 7 nitrogen and oxygen atoms in total. The summed E-state index contributed by atoms with van der Waals surface area (Å²) in [5.74, 6) is -0.0557. The van der Waals surface area contributed by atoms with Crippen LogP contribution in [0, 0.1) is 6.92 Å². The molecule has 2 N–H and O–H groups in total. The van der Waals surface area contributed by atoms with Gasteiger partial charge >= 0.3 is 6.09 Å². The highest BCUT2D eigenvalue weighted by molar-refractivity contribution is 5.99. The molecule has 37 heavy (non-hydrogen) atoms. The predicted octanol–water partition coefficient (Wildman–Crippen LogP) is 5.16. The second-order valence-corrected chi connectivity index (χ2v) is 11.5. The zero-order valence-electron chi connectivity index (χ0n) is 22.4. The summed E-state index contributed by atoms with van der Waals surface area (Å²) in [4.78, 5) is 33.3. The summed E-state index contributed by atoms with van der Waals surface area (Å²) in [6.45, 7) is 11.7. The number of aryl methyl sites for hydroxylation is 1. The maximum absolute atomic E-state index is 13.1. The van der Waals surface area contributed by atoms with Crippen LogP contribution in [0.25, 0.3) is 10.9 Å². The monoisotopic (exact) mass is 502 g/mol. The lowest BCUT2D eigenvalue weighted by molar-refractivity contribution is 0.0199. The standard InChI is InChI=1S/C30H38N4O3/c1-20-5-7-21(8-6-20)18-33-14-13-27-25(19-33)24-17-22(9-10-26(24)32-27)28(35)31-23-11-15-34(16-12-23)29(36)37-30(2,3)4/h5-10,17,23,32H,11-16,18-19H2,1-4H3,(H,31,35). The van der Waals surface area contributed by atoms with Gasteiger partial charge in [0.1, 0.15) is 5.60 Å². The molecular weight excluding hydrogens is 464 g/mol. The summed E-state index contributed by atoms with van der Waals surface area (Å²) < 4.78 is 5.48. The molecule has 0 aliphatic carbocycles. The molecule has 0 bridgehead atoms. The number of nitrogens with zero attached hydrogens (tertiary/aromatic N) is 2. The maximum atomic E-state index is 13.1. The molecule has 0 spiro atoms. The van der Waals surface area contributed by atoms with Gasteiger partial charge in [-0.3, -0.25) is 9.69 Å². The zero-order valence-corrected chi connectivity index (χ0v) is 22.4. The number of piperidine rings is 1. The first-order chi connectivity index (χ1) is 17.6. The average molecular weight is 503 g/mol. The van der Waals surface area contributed by atoms with Crippen LogP contribution in [0.15, 0.2) is 42.5 Å². The number of hydrogen-bond acceptors (Lipinski definition) is 4. The van der Waals surface area contributed by atoms with Gasteiger partial charge in [0.15, 0.2) is 0 Å². The Kier molecular flexibility index (Phi) is 6.99. The molecule has 7 heteroatoms. The second kappa shape index (κ2) is 10.2. The van der Waals surface area contributed by atoms with Crippen LogP contribution in [0.1, 0.15) is 66.4 Å². The summed E-state index contributed by atoms with van der Waals surface area (Å²) in [6.07, 6.45) is 2.14. The number of H-pyrrole nitrogens is 1. The minimum atomic E-state index is -0.504. The Morgan fingerprint density at radius 3 is 2.49 bits per heavy atom. The van der Waals surface area contributed by atoms with E-state index in [9.17, 15) is 9.59 Å². The Balaban J connectivity index is 1.22. The van der Waals surface area contributed by atoms with Gasteiger partial charge in [0.05, 0.1) is 0 Å². The number of carbonyl (C=O) groups excluding carboxylic acids is 2. The van der Waals surface area contributed by atoms with Gasteiger partial charge in [-0.15, -0.1) is 0 Å². The molecule has 0 saturated carbocycles. The van der Waals surface area contributed by atoms with Gasteiger partial charge in [0, 0.05) is 67.3 Å². The lowest BCUT2D eigenvalue weighted by atomic mass is 10.0. The number of carbonyl (C=O) groups is 2. The number of aromatic amines is 1. The Morgan fingerprint density at radius 1 is 1.05 bits per heavy atom. The fourth-order valence-electron chi connectivity index (χ4n) is 5.30. The van der Waals surface area contributed by atoms with Crippen LogP contribution in [0.4, 0.5) is 4.79 Å². The fourth-order valence-corrected chi connectivity index (χ4v) is 5.30. The van der Waals surface area contributed by atoms with Crippen molar-refractivity contribution in [3.05, 3.63) is 70.4 Å². The van der Waals surface area contributed by atoms with Crippen molar-refractivity contribution in [3.63, 3.8) is 0 Å². The number of likely N-dealkylation sites (tertiary alicyclic amines) is 1. The van der Waals surface area contributed by atoms with E-state index in [-0.39, 0.29) is 18.0 Å². The van der Waals surface area contributed by atoms with E-state index in [0.717, 1.165) is 49.8 Å². The number of fused-ring (bicyclic) bond motifs is 3. The summed E-state index contributed by atoms with van der Waals surface area (Å²) in [5.41, 5.74) is 6.45. The SMILES string of the molecule is Cc1ccc(CN2CCc3[nH]c4ccc(C(=O)NC5CCN(C(=O)OC(C)(C)C)CC5)cc4c3C2)cc1. The van der Waals surface area contributed by atoms with Gasteiger partial charge in [-0.2, -0.15) is 0 Å². The number of rotatable bonds is 4. The normalized spacial score (nSPS) is 17.0. The number of benzene rings is 2. The molecule has 2 aliphatic heterocycles. The molecule has 3 heterocycles. The van der Waals surface area contributed by atoms with Gasteiger partial charge in [-0.25, -0.2) is 4.79 Å². The highest BCUT2D eigenvalue weighted by Gasteiger charge is 2.28. The average Bonchev–Trinajstić information content (AvgIpc) is 3.22. The topological polar surface area (TPSA) is 77.7 Å². The highest BCUT2D eigenvalue weighted by atomic mass is 16.6. The van der Waals surface area contributed by atoms with Crippen molar-refractivity contribution in [2.75, 3.05) is 19.6 Å². The summed E-state index contributed by atoms with van der Waals surface area (Å²) >= 11 is 0. The summed E-state index contributed by atoms with van der Waals surface area (Å²) in [5, 5.41) is 4.32. The summed E-state index contributed by atoms with van der Waals surface area (Å²) in [7, 11) is 0. The minimum absolute atomic E-state index is 0.0482. The van der Waals surface area contributed by atoms with Crippen LogP contribution in [0.2, 0.25) is 0 Å². The molecule has 1 saturated heterocycles. The van der Waals surface area contributed by atoms with E-state index in [1.54, 1.807) is 4.90 Å². The van der Waals surface area contributed by atoms with Gasteiger partial charge in [-0.05, 0) is 69.9 Å². The first-order valence-corrected chi connectivity index (χ1v) is 13.3. The van der Waals surface area contributed by atoms with Crippen molar-refractivity contribution >= 4 is 22.9 Å². The Morgan fingerprint density at radius 2 is 1.78 bits per heavy atom. The van der Waals surface area contributed by atoms with E-state index in [2.05, 4.69) is 46.4 Å². The van der Waals surface area contributed by atoms with Crippen LogP contribution in [-0.4, -0.2) is 58.1 Å². The first kappa shape index (κ1) is 25.3. The lowest BCUT2D eigenvalue weighted by Gasteiger charge is -2.33. The van der Waals surface area contributed by atoms with Crippen LogP contribution in [-0.2, 0) is 24.2 Å². The molecule has 2 amide bonds. The number of amides is 2. The highest BCUT2D eigenvalue weighted by Crippen LogP contribution is 2.29. The van der Waals surface area contributed by atoms with Gasteiger partial charge < -0.3 is 19.9 Å². The van der Waals surface area contributed by atoms with Gasteiger partial charge in [-0.1, -0.05) is 29.8 Å². The fraction of sp³-hybridized carbons (Fsp3) is 0.467. The minimum Gasteiger partial charge on any atom is -0.444 e. The van der Waals surface area contributed by atoms with E-state index in [0.29, 0.717) is 18.7 Å². The molecule has 0 unspecified atom stereocenters. The summed E-state index contributed by atoms with van der Waals surface area (Å²) in [6, 6.07) is 14.8. The van der Waals surface area contributed by atoms with Crippen molar-refractivity contribution in [3.8, 4) is 0 Å². The largest absolute Gasteiger partial charge is 0.444 e. The second-order valence-electron chi connectivity index (χ2n) is 11.5. The third kappa shape index (κ3) is 5.99. The van der Waals surface area contributed by atoms with E-state index >= 15 is 0 Å². The molecule has 3 aromatic rings. The van der Waals surface area contributed by atoms with Crippen LogP contribution in [0.5, 0.6) is 0 Å². The third-order valence-corrected chi connectivity index (χ3v) is 7.33. The lowest BCUT2D eigenvalue weighted by Crippen LogP contribution is -2.47. The number of hydrogen-bond donors (Lipinski definition) is 2. The maximum Gasteiger partial charge on any atom is 0.410 e. The third-order valence-electron chi connectivity index (χ3n) is 7.33. The van der Waals surface area contributed by atoms with Crippen LogP contribution in [0.3, 0.4) is 0 Å². The molecular formula is C30H38N4O3. The van der Waals surface area contributed by atoms with Crippen LogP contribution >= 0.6 is 0 Å². The Labute approximate surface area is 219 Å². The molecule has 5 rings (SSSR count). The first-order valence-electron chi connectivity index (χ1n) is 13.3. The van der Waals surface area contributed by atoms with Gasteiger partial charge in [0.25, 0.3) is 5.91 Å². The van der Waals surface area contributed by atoms with E-state index in [1.807, 2.05) is 39.0 Å². The van der Waals surface area contributed by atoms with Crippen molar-refractivity contribution in [1.29, 1.82) is 0 Å². The number of aromatic nitrogens is 1. The van der Waals surface area contributed by atoms with Crippen molar-refractivity contribution in [2.24, 2.45) is 0 Å². The van der Waals surface area contributed by atoms with E-state index in [4.69, 9.17) is 4.74 Å². The molecule has 0 radical (unpaired) electrons. The van der Waals surface area contributed by atoms with Crippen molar-refractivity contribution < 1.29 is 14.3 Å². The zero-order chi connectivity index (χ0) is 26.2. The molecule has 1 aromatic heterocycles. The molecule has 196 valence electrons. The number of ether oxygens (including phenoxy) is 1. The van der Waals surface area contributed by atoms with Crippen molar-refractivity contribution in [1.82, 2.24) is 20.1 Å². The molecule has 1 fully saturated rings. The number of nitrogens with one attached hydrogen (secondary N) is 2. The van der Waals surface area contributed by atoms with Gasteiger partial charge in [0.2, 0.25) is 0 Å². The smallest absolute Gasteiger partial charge is 0.410 e. The predicted molar refractivity (Wildman–Crippen MR) is 146 cm³/mol. The van der Waals surface area contributed by atoms with E-state index < -0.39 is 5.60 Å². The molecule has 2 aliphatic rings. The van der Waals surface area contributed by atoms with E-state index in [1.165, 1.54) is 22.4 Å². The quantitative estimate of drug-likeness (QED) is 0.516.